The standard InChI is InChI=1S/C19H19NO4/c1-3-23-15-6-4-14(5-7-15)20-19(21)10-13-12-24-18-9-8-16(22-2)11-17(13)18/h4-9,11-12H,3,10H2,1-2H3,(H,20,21). The third-order valence-corrected chi connectivity index (χ3v) is 3.66. The van der Waals surface area contributed by atoms with Gasteiger partial charge < -0.3 is 19.2 Å². The van der Waals surface area contributed by atoms with E-state index in [1.807, 2.05) is 49.4 Å². The maximum atomic E-state index is 12.3. The number of hydrogen-bond donors (Lipinski definition) is 1. The van der Waals surface area contributed by atoms with Crippen molar-refractivity contribution >= 4 is 22.6 Å². The number of amides is 1. The normalized spacial score (nSPS) is 10.6. The van der Waals surface area contributed by atoms with Crippen molar-refractivity contribution in [2.75, 3.05) is 19.0 Å². The summed E-state index contributed by atoms with van der Waals surface area (Å²) in [6.07, 6.45) is 1.84. The lowest BCUT2D eigenvalue weighted by Gasteiger charge is -2.07. The molecule has 0 unspecified atom stereocenters. The minimum absolute atomic E-state index is 0.107. The zero-order chi connectivity index (χ0) is 16.9. The third-order valence-electron chi connectivity index (χ3n) is 3.66. The van der Waals surface area contributed by atoms with Crippen molar-refractivity contribution in [1.29, 1.82) is 0 Å². The van der Waals surface area contributed by atoms with Crippen LogP contribution in [0, 0.1) is 0 Å². The zero-order valence-corrected chi connectivity index (χ0v) is 13.7. The Morgan fingerprint density at radius 1 is 1.12 bits per heavy atom. The fourth-order valence-electron chi connectivity index (χ4n) is 2.50. The van der Waals surface area contributed by atoms with Crippen LogP contribution >= 0.6 is 0 Å². The molecule has 0 aliphatic carbocycles. The highest BCUT2D eigenvalue weighted by atomic mass is 16.5. The number of nitrogens with one attached hydrogen (secondary N) is 1. The SMILES string of the molecule is CCOc1ccc(NC(=O)Cc2coc3ccc(OC)cc23)cc1. The van der Waals surface area contributed by atoms with Gasteiger partial charge in [-0.25, -0.2) is 0 Å². The molecule has 0 atom stereocenters. The van der Waals surface area contributed by atoms with E-state index in [9.17, 15) is 4.79 Å². The zero-order valence-electron chi connectivity index (χ0n) is 13.7. The van der Waals surface area contributed by atoms with Gasteiger partial charge in [0.2, 0.25) is 5.91 Å². The Bertz CT molecular complexity index is 836. The molecule has 0 radical (unpaired) electrons. The number of anilines is 1. The molecule has 0 aliphatic rings. The molecule has 0 saturated carbocycles. The van der Waals surface area contributed by atoms with Crippen LogP contribution in [-0.4, -0.2) is 19.6 Å². The fourth-order valence-corrected chi connectivity index (χ4v) is 2.50. The summed E-state index contributed by atoms with van der Waals surface area (Å²) in [6, 6.07) is 12.8. The Morgan fingerprint density at radius 2 is 1.88 bits per heavy atom. The number of carbonyl (C=O) groups excluding carboxylic acids is 1. The van der Waals surface area contributed by atoms with Gasteiger partial charge in [-0.15, -0.1) is 0 Å². The topological polar surface area (TPSA) is 60.7 Å². The van der Waals surface area contributed by atoms with E-state index in [0.717, 1.165) is 33.7 Å². The molecule has 5 nitrogen and oxygen atoms in total. The van der Waals surface area contributed by atoms with E-state index in [4.69, 9.17) is 13.9 Å². The second kappa shape index (κ2) is 7.08. The molecule has 0 saturated heterocycles. The Morgan fingerprint density at radius 3 is 2.58 bits per heavy atom. The van der Waals surface area contributed by atoms with Crippen molar-refractivity contribution in [3.05, 3.63) is 54.3 Å². The van der Waals surface area contributed by atoms with Gasteiger partial charge in [-0.2, -0.15) is 0 Å². The lowest BCUT2D eigenvalue weighted by Crippen LogP contribution is -2.14. The summed E-state index contributed by atoms with van der Waals surface area (Å²) < 4.78 is 16.1. The first-order valence-electron chi connectivity index (χ1n) is 7.76. The summed E-state index contributed by atoms with van der Waals surface area (Å²) in [7, 11) is 1.61. The summed E-state index contributed by atoms with van der Waals surface area (Å²) >= 11 is 0. The van der Waals surface area contributed by atoms with Crippen molar-refractivity contribution < 1.29 is 18.7 Å². The van der Waals surface area contributed by atoms with Gasteiger partial charge in [0, 0.05) is 16.6 Å². The molecule has 1 aromatic heterocycles. The first-order chi connectivity index (χ1) is 11.7. The van der Waals surface area contributed by atoms with Gasteiger partial charge in [0.15, 0.2) is 0 Å². The average Bonchev–Trinajstić information content (AvgIpc) is 2.99. The van der Waals surface area contributed by atoms with Crippen LogP contribution < -0.4 is 14.8 Å². The molecular weight excluding hydrogens is 306 g/mol. The van der Waals surface area contributed by atoms with Gasteiger partial charge in [0.25, 0.3) is 0 Å². The molecule has 24 heavy (non-hydrogen) atoms. The molecule has 1 N–H and O–H groups in total. The molecule has 0 fully saturated rings. The smallest absolute Gasteiger partial charge is 0.228 e. The number of ether oxygens (including phenoxy) is 2. The van der Waals surface area contributed by atoms with Crippen LogP contribution in [0.3, 0.4) is 0 Å². The number of hydrogen-bond acceptors (Lipinski definition) is 4. The molecular formula is C19H19NO4. The summed E-state index contributed by atoms with van der Waals surface area (Å²) in [5, 5.41) is 3.76. The van der Waals surface area contributed by atoms with Crippen molar-refractivity contribution in [3.8, 4) is 11.5 Å². The van der Waals surface area contributed by atoms with Gasteiger partial charge in [-0.3, -0.25) is 4.79 Å². The Balaban J connectivity index is 1.70. The van der Waals surface area contributed by atoms with Crippen LogP contribution in [0.4, 0.5) is 5.69 Å². The number of fused-ring (bicyclic) bond motifs is 1. The predicted molar refractivity (Wildman–Crippen MR) is 92.7 cm³/mol. The second-order valence-corrected chi connectivity index (χ2v) is 5.31. The number of benzene rings is 2. The van der Waals surface area contributed by atoms with E-state index in [2.05, 4.69) is 5.32 Å². The molecule has 1 amide bonds. The first-order valence-corrected chi connectivity index (χ1v) is 7.76. The fraction of sp³-hybridized carbons (Fsp3) is 0.211. The summed E-state index contributed by atoms with van der Waals surface area (Å²) in [5.74, 6) is 1.41. The van der Waals surface area contributed by atoms with Crippen molar-refractivity contribution in [2.24, 2.45) is 0 Å². The number of furan rings is 1. The van der Waals surface area contributed by atoms with Gasteiger partial charge >= 0.3 is 0 Å². The third kappa shape index (κ3) is 3.51. The molecule has 1 heterocycles. The largest absolute Gasteiger partial charge is 0.497 e. The van der Waals surface area contributed by atoms with E-state index < -0.39 is 0 Å². The maximum absolute atomic E-state index is 12.3. The molecule has 124 valence electrons. The van der Waals surface area contributed by atoms with E-state index in [0.29, 0.717) is 6.61 Å². The molecule has 0 bridgehead atoms. The van der Waals surface area contributed by atoms with Gasteiger partial charge in [-0.1, -0.05) is 0 Å². The second-order valence-electron chi connectivity index (χ2n) is 5.31. The van der Waals surface area contributed by atoms with E-state index in [1.54, 1.807) is 13.4 Å². The van der Waals surface area contributed by atoms with Crippen LogP contribution in [0.15, 0.2) is 53.1 Å². The van der Waals surface area contributed by atoms with Crippen molar-refractivity contribution in [1.82, 2.24) is 0 Å². The lowest BCUT2D eigenvalue weighted by atomic mass is 10.1. The molecule has 3 aromatic rings. The monoisotopic (exact) mass is 325 g/mol. The summed E-state index contributed by atoms with van der Waals surface area (Å²) in [5.41, 5.74) is 2.29. The Kier molecular flexibility index (Phi) is 4.70. The lowest BCUT2D eigenvalue weighted by molar-refractivity contribution is -0.115. The maximum Gasteiger partial charge on any atom is 0.228 e. The number of carbonyl (C=O) groups is 1. The van der Waals surface area contributed by atoms with Gasteiger partial charge in [0.1, 0.15) is 17.1 Å². The van der Waals surface area contributed by atoms with Crippen LogP contribution in [-0.2, 0) is 11.2 Å². The van der Waals surface area contributed by atoms with Crippen molar-refractivity contribution in [3.63, 3.8) is 0 Å². The van der Waals surface area contributed by atoms with Crippen LogP contribution in [0.1, 0.15) is 12.5 Å². The molecule has 0 aliphatic heterocycles. The predicted octanol–water partition coefficient (Wildman–Crippen LogP) is 4.02. The summed E-state index contributed by atoms with van der Waals surface area (Å²) in [6.45, 7) is 2.54. The number of rotatable bonds is 6. The number of methoxy groups -OCH3 is 1. The minimum atomic E-state index is -0.107. The molecule has 3 rings (SSSR count). The van der Waals surface area contributed by atoms with Crippen LogP contribution in [0.5, 0.6) is 11.5 Å². The van der Waals surface area contributed by atoms with Crippen LogP contribution in [0.2, 0.25) is 0 Å². The first kappa shape index (κ1) is 15.9. The quantitative estimate of drug-likeness (QED) is 0.743. The van der Waals surface area contributed by atoms with Crippen LogP contribution in [0.25, 0.3) is 11.0 Å². The van der Waals surface area contributed by atoms with Crippen molar-refractivity contribution in [2.45, 2.75) is 13.3 Å². The highest BCUT2D eigenvalue weighted by Gasteiger charge is 2.11. The molecule has 5 heteroatoms. The highest BCUT2D eigenvalue weighted by molar-refractivity contribution is 5.95. The molecule has 0 spiro atoms. The van der Waals surface area contributed by atoms with E-state index in [-0.39, 0.29) is 12.3 Å². The Labute approximate surface area is 140 Å². The highest BCUT2D eigenvalue weighted by Crippen LogP contribution is 2.26. The average molecular weight is 325 g/mol. The van der Waals surface area contributed by atoms with E-state index >= 15 is 0 Å². The summed E-state index contributed by atoms with van der Waals surface area (Å²) in [4.78, 5) is 12.3. The van der Waals surface area contributed by atoms with Gasteiger partial charge in [0.05, 0.1) is 26.4 Å². The van der Waals surface area contributed by atoms with E-state index in [1.165, 1.54) is 0 Å². The minimum Gasteiger partial charge on any atom is -0.497 e. The molecule has 2 aromatic carbocycles. The Hall–Kier alpha value is -2.95. The van der Waals surface area contributed by atoms with Gasteiger partial charge in [-0.05, 0) is 49.4 Å².